The smallest absolute Gasteiger partial charge is 0.0353 e. The minimum absolute atomic E-state index is 1.16. The van der Waals surface area contributed by atoms with Crippen molar-refractivity contribution in [1.82, 2.24) is 0 Å². The predicted octanol–water partition coefficient (Wildman–Crippen LogP) is 2.96. The van der Waals surface area contributed by atoms with Crippen molar-refractivity contribution in [3.05, 3.63) is 19.1 Å². The van der Waals surface area contributed by atoms with Crippen molar-refractivity contribution < 1.29 is 0 Å². The van der Waals surface area contributed by atoms with Crippen molar-refractivity contribution in [2.75, 3.05) is 0 Å². The van der Waals surface area contributed by atoms with E-state index in [0.717, 1.165) is 6.42 Å². The Balaban J connectivity index is 2.62. The van der Waals surface area contributed by atoms with Gasteiger partial charge in [0.05, 0.1) is 0 Å². The summed E-state index contributed by atoms with van der Waals surface area (Å²) >= 11 is 0. The Morgan fingerprint density at radius 3 is 2.62 bits per heavy atom. The van der Waals surface area contributed by atoms with Crippen LogP contribution in [0.15, 0.2) is 12.7 Å². The zero-order valence-electron chi connectivity index (χ0n) is 5.69. The summed E-state index contributed by atoms with van der Waals surface area (Å²) in [6.45, 7) is 5.82. The summed E-state index contributed by atoms with van der Waals surface area (Å²) in [6.07, 6.45) is 9.18. The van der Waals surface area contributed by atoms with E-state index in [0.29, 0.717) is 0 Å². The monoisotopic (exact) mass is 111 g/mol. The molecule has 0 aliphatic heterocycles. The highest BCUT2D eigenvalue weighted by Gasteiger charge is 1.81. The van der Waals surface area contributed by atoms with Gasteiger partial charge in [-0.05, 0) is 25.7 Å². The van der Waals surface area contributed by atoms with Gasteiger partial charge in [0.2, 0.25) is 0 Å². The zero-order valence-corrected chi connectivity index (χ0v) is 5.69. The molecule has 0 aliphatic carbocycles. The third kappa shape index (κ3) is 5.74. The summed E-state index contributed by atoms with van der Waals surface area (Å²) in [7, 11) is 0. The molecule has 0 N–H and O–H groups in total. The lowest BCUT2D eigenvalue weighted by Gasteiger charge is -1.91. The van der Waals surface area contributed by atoms with Crippen LogP contribution in [0.25, 0.3) is 0 Å². The molecule has 0 saturated carbocycles. The standard InChI is InChI=1S/C8H15/c1-3-5-7-8-6-4-2/h3,6H,1,4-5,7-8H2,2H3. The van der Waals surface area contributed by atoms with Crippen molar-refractivity contribution in [2.45, 2.75) is 32.6 Å². The lowest BCUT2D eigenvalue weighted by atomic mass is 10.2. The van der Waals surface area contributed by atoms with E-state index >= 15 is 0 Å². The lowest BCUT2D eigenvalue weighted by molar-refractivity contribution is 0.798. The Hall–Kier alpha value is -0.260. The first-order valence-electron chi connectivity index (χ1n) is 3.34. The molecule has 0 aromatic carbocycles. The van der Waals surface area contributed by atoms with Gasteiger partial charge in [-0.3, -0.25) is 0 Å². The molecule has 0 heteroatoms. The number of rotatable bonds is 5. The zero-order chi connectivity index (χ0) is 6.24. The van der Waals surface area contributed by atoms with Gasteiger partial charge < -0.3 is 0 Å². The first kappa shape index (κ1) is 7.74. The number of hydrogen-bond donors (Lipinski definition) is 0. The highest BCUT2D eigenvalue weighted by molar-refractivity contribution is 4.69. The molecule has 0 aromatic heterocycles. The Kier molecular flexibility index (Phi) is 6.52. The van der Waals surface area contributed by atoms with Crippen LogP contribution in [0.5, 0.6) is 0 Å². The molecule has 0 saturated heterocycles. The molecule has 0 bridgehead atoms. The van der Waals surface area contributed by atoms with Crippen molar-refractivity contribution in [3.63, 3.8) is 0 Å². The summed E-state index contributed by atoms with van der Waals surface area (Å²) in [4.78, 5) is 0. The van der Waals surface area contributed by atoms with E-state index in [1.165, 1.54) is 19.3 Å². The predicted molar refractivity (Wildman–Crippen MR) is 38.6 cm³/mol. The van der Waals surface area contributed by atoms with Gasteiger partial charge in [-0.15, -0.1) is 6.58 Å². The molecule has 0 spiro atoms. The minimum atomic E-state index is 1.16. The van der Waals surface area contributed by atoms with Crippen LogP contribution in [0.4, 0.5) is 0 Å². The van der Waals surface area contributed by atoms with Crippen LogP contribution in [-0.4, -0.2) is 0 Å². The molecular formula is C8H15. The average molecular weight is 111 g/mol. The summed E-state index contributed by atoms with van der Waals surface area (Å²) in [5.74, 6) is 0. The summed E-state index contributed by atoms with van der Waals surface area (Å²) in [5, 5.41) is 0. The number of allylic oxidation sites excluding steroid dienone is 1. The Bertz CT molecular complexity index is 46.0. The van der Waals surface area contributed by atoms with E-state index < -0.39 is 0 Å². The molecule has 0 aliphatic rings. The molecule has 0 fully saturated rings. The second-order valence-corrected chi connectivity index (χ2v) is 1.92. The van der Waals surface area contributed by atoms with E-state index in [1.807, 2.05) is 6.08 Å². The molecule has 0 aromatic rings. The summed E-state index contributed by atoms with van der Waals surface area (Å²) in [6, 6.07) is 0. The Labute approximate surface area is 52.6 Å². The van der Waals surface area contributed by atoms with Crippen LogP contribution < -0.4 is 0 Å². The van der Waals surface area contributed by atoms with E-state index in [1.54, 1.807) is 0 Å². The molecule has 0 nitrogen and oxygen atoms in total. The van der Waals surface area contributed by atoms with Gasteiger partial charge in [0, 0.05) is 0 Å². The molecular weight excluding hydrogens is 96.1 g/mol. The second kappa shape index (κ2) is 6.74. The minimum Gasteiger partial charge on any atom is -0.103 e. The quantitative estimate of drug-likeness (QED) is 0.378. The average Bonchev–Trinajstić information content (AvgIpc) is 1.81. The van der Waals surface area contributed by atoms with E-state index in [2.05, 4.69) is 19.9 Å². The first-order chi connectivity index (χ1) is 3.91. The van der Waals surface area contributed by atoms with Crippen LogP contribution in [0.2, 0.25) is 0 Å². The maximum Gasteiger partial charge on any atom is -0.0353 e. The molecule has 0 amide bonds. The van der Waals surface area contributed by atoms with Gasteiger partial charge in [0.25, 0.3) is 0 Å². The maximum absolute atomic E-state index is 3.64. The van der Waals surface area contributed by atoms with Crippen LogP contribution in [0, 0.1) is 6.42 Å². The fourth-order valence-corrected chi connectivity index (χ4v) is 0.611. The van der Waals surface area contributed by atoms with E-state index in [9.17, 15) is 0 Å². The Morgan fingerprint density at radius 2 is 2.12 bits per heavy atom. The van der Waals surface area contributed by atoms with Gasteiger partial charge in [-0.1, -0.05) is 19.4 Å². The normalized spacial score (nSPS) is 9.12. The first-order valence-corrected chi connectivity index (χ1v) is 3.34. The summed E-state index contributed by atoms with van der Waals surface area (Å²) in [5.41, 5.74) is 0. The molecule has 47 valence electrons. The van der Waals surface area contributed by atoms with E-state index in [-0.39, 0.29) is 0 Å². The molecule has 1 radical (unpaired) electrons. The van der Waals surface area contributed by atoms with Gasteiger partial charge in [-0.2, -0.15) is 0 Å². The third-order valence-corrected chi connectivity index (χ3v) is 1.11. The van der Waals surface area contributed by atoms with Crippen LogP contribution >= 0.6 is 0 Å². The van der Waals surface area contributed by atoms with Crippen molar-refractivity contribution in [2.24, 2.45) is 0 Å². The van der Waals surface area contributed by atoms with Crippen LogP contribution in [-0.2, 0) is 0 Å². The molecule has 0 unspecified atom stereocenters. The number of hydrogen-bond acceptors (Lipinski definition) is 0. The van der Waals surface area contributed by atoms with Gasteiger partial charge in [0.1, 0.15) is 0 Å². The molecule has 0 heterocycles. The molecule has 8 heavy (non-hydrogen) atoms. The largest absolute Gasteiger partial charge is 0.103 e. The molecule has 0 rings (SSSR count). The van der Waals surface area contributed by atoms with Crippen molar-refractivity contribution >= 4 is 0 Å². The van der Waals surface area contributed by atoms with Crippen LogP contribution in [0.1, 0.15) is 32.6 Å². The highest BCUT2D eigenvalue weighted by Crippen LogP contribution is 2.00. The fourth-order valence-electron chi connectivity index (χ4n) is 0.611. The lowest BCUT2D eigenvalue weighted by Crippen LogP contribution is -1.73. The second-order valence-electron chi connectivity index (χ2n) is 1.92. The topological polar surface area (TPSA) is 0 Å². The van der Waals surface area contributed by atoms with Gasteiger partial charge in [0.15, 0.2) is 0 Å². The van der Waals surface area contributed by atoms with Crippen molar-refractivity contribution in [1.29, 1.82) is 0 Å². The highest BCUT2D eigenvalue weighted by atomic mass is 13.9. The Morgan fingerprint density at radius 1 is 1.38 bits per heavy atom. The van der Waals surface area contributed by atoms with Crippen molar-refractivity contribution in [3.8, 4) is 0 Å². The van der Waals surface area contributed by atoms with Gasteiger partial charge in [-0.25, -0.2) is 0 Å². The SMILES string of the molecule is C=CCCC[CH]CC. The molecule has 0 atom stereocenters. The fraction of sp³-hybridized carbons (Fsp3) is 0.625. The summed E-state index contributed by atoms with van der Waals surface area (Å²) < 4.78 is 0. The van der Waals surface area contributed by atoms with Crippen LogP contribution in [0.3, 0.4) is 0 Å². The maximum atomic E-state index is 3.64. The third-order valence-electron chi connectivity index (χ3n) is 1.11. The van der Waals surface area contributed by atoms with E-state index in [4.69, 9.17) is 0 Å². The van der Waals surface area contributed by atoms with Gasteiger partial charge >= 0.3 is 0 Å². The number of unbranched alkanes of at least 4 members (excludes halogenated alkanes) is 4.